The van der Waals surface area contributed by atoms with Crippen LogP contribution in [0.1, 0.15) is 20.3 Å². The maximum absolute atomic E-state index is 5.92. The van der Waals surface area contributed by atoms with Gasteiger partial charge in [0.2, 0.25) is 11.2 Å². The summed E-state index contributed by atoms with van der Waals surface area (Å²) in [6.45, 7) is 6.36. The van der Waals surface area contributed by atoms with Crippen molar-refractivity contribution in [2.24, 2.45) is 5.92 Å². The molecule has 0 radical (unpaired) electrons. The van der Waals surface area contributed by atoms with Crippen LogP contribution in [0.25, 0.3) is 0 Å². The van der Waals surface area contributed by atoms with Gasteiger partial charge in [-0.1, -0.05) is 0 Å². The summed E-state index contributed by atoms with van der Waals surface area (Å²) in [5.74, 6) is 1.09. The molecule has 1 saturated heterocycles. The lowest BCUT2D eigenvalue weighted by Crippen LogP contribution is -2.24. The van der Waals surface area contributed by atoms with E-state index in [0.29, 0.717) is 11.9 Å². The second-order valence-electron chi connectivity index (χ2n) is 4.91. The second-order valence-corrected chi connectivity index (χ2v) is 5.25. The Morgan fingerprint density at radius 3 is 2.84 bits per heavy atom. The fraction of sp³-hybridized carbons (Fsp3) is 0.750. The minimum atomic E-state index is 0.00568. The highest BCUT2D eigenvalue weighted by Gasteiger charge is 2.25. The van der Waals surface area contributed by atoms with Gasteiger partial charge in [0.15, 0.2) is 0 Å². The first kappa shape index (κ1) is 14.3. The molecule has 1 fully saturated rings. The lowest BCUT2D eigenvalue weighted by molar-refractivity contribution is 0.161. The zero-order valence-corrected chi connectivity index (χ0v) is 12.2. The molecule has 1 aliphatic rings. The molecule has 1 aliphatic heterocycles. The standard InChI is InChI=1S/C12H19ClN4O2/c1-8(2)19-12-15-10(13)14-11(16-12)17-5-4-9(6-17)7-18-3/h8-9H,4-7H2,1-3H3. The number of ether oxygens (including phenoxy) is 2. The molecule has 19 heavy (non-hydrogen) atoms. The van der Waals surface area contributed by atoms with Crippen molar-refractivity contribution in [1.29, 1.82) is 0 Å². The van der Waals surface area contributed by atoms with E-state index in [-0.39, 0.29) is 17.4 Å². The normalized spacial score (nSPS) is 19.2. The highest BCUT2D eigenvalue weighted by molar-refractivity contribution is 6.28. The summed E-state index contributed by atoms with van der Waals surface area (Å²) in [7, 11) is 1.72. The van der Waals surface area contributed by atoms with Gasteiger partial charge in [0.1, 0.15) is 0 Å². The Morgan fingerprint density at radius 1 is 1.37 bits per heavy atom. The van der Waals surface area contributed by atoms with E-state index in [2.05, 4.69) is 19.9 Å². The van der Waals surface area contributed by atoms with Crippen molar-refractivity contribution in [2.45, 2.75) is 26.4 Å². The molecule has 0 N–H and O–H groups in total. The zero-order valence-electron chi connectivity index (χ0n) is 11.5. The third-order valence-corrected chi connectivity index (χ3v) is 3.06. The highest BCUT2D eigenvalue weighted by Crippen LogP contribution is 2.23. The van der Waals surface area contributed by atoms with Crippen molar-refractivity contribution in [2.75, 3.05) is 31.7 Å². The molecule has 1 unspecified atom stereocenters. The van der Waals surface area contributed by atoms with Gasteiger partial charge < -0.3 is 14.4 Å². The molecule has 1 aromatic heterocycles. The molecular formula is C12H19ClN4O2. The Labute approximate surface area is 118 Å². The van der Waals surface area contributed by atoms with Gasteiger partial charge in [-0.3, -0.25) is 0 Å². The van der Waals surface area contributed by atoms with Crippen molar-refractivity contribution < 1.29 is 9.47 Å². The van der Waals surface area contributed by atoms with Crippen molar-refractivity contribution >= 4 is 17.5 Å². The molecule has 0 amide bonds. The third-order valence-electron chi connectivity index (χ3n) is 2.89. The van der Waals surface area contributed by atoms with Gasteiger partial charge in [0.05, 0.1) is 12.7 Å². The van der Waals surface area contributed by atoms with E-state index in [1.807, 2.05) is 13.8 Å². The average molecular weight is 287 g/mol. The fourth-order valence-electron chi connectivity index (χ4n) is 2.11. The maximum atomic E-state index is 5.92. The number of nitrogens with zero attached hydrogens (tertiary/aromatic N) is 4. The van der Waals surface area contributed by atoms with E-state index < -0.39 is 0 Å². The Bertz CT molecular complexity index is 430. The van der Waals surface area contributed by atoms with E-state index in [4.69, 9.17) is 21.1 Å². The van der Waals surface area contributed by atoms with Crippen LogP contribution in [-0.4, -0.2) is 47.9 Å². The van der Waals surface area contributed by atoms with Gasteiger partial charge in [-0.25, -0.2) is 0 Å². The highest BCUT2D eigenvalue weighted by atomic mass is 35.5. The number of methoxy groups -OCH3 is 1. The van der Waals surface area contributed by atoms with E-state index in [9.17, 15) is 0 Å². The summed E-state index contributed by atoms with van der Waals surface area (Å²) in [6, 6.07) is 0.278. The number of hydrogen-bond donors (Lipinski definition) is 0. The summed E-state index contributed by atoms with van der Waals surface area (Å²) in [4.78, 5) is 14.5. The van der Waals surface area contributed by atoms with E-state index >= 15 is 0 Å². The van der Waals surface area contributed by atoms with Gasteiger partial charge in [-0.05, 0) is 31.9 Å². The topological polar surface area (TPSA) is 60.4 Å². The summed E-state index contributed by atoms with van der Waals surface area (Å²) in [5.41, 5.74) is 0. The lowest BCUT2D eigenvalue weighted by atomic mass is 10.1. The van der Waals surface area contributed by atoms with Crippen LogP contribution in [0.3, 0.4) is 0 Å². The van der Waals surface area contributed by atoms with Crippen molar-refractivity contribution in [1.82, 2.24) is 15.0 Å². The van der Waals surface area contributed by atoms with Crippen LogP contribution >= 0.6 is 11.6 Å². The molecule has 7 heteroatoms. The van der Waals surface area contributed by atoms with Crippen LogP contribution in [0, 0.1) is 5.92 Å². The molecule has 2 heterocycles. The quantitative estimate of drug-likeness (QED) is 0.822. The first-order valence-corrected chi connectivity index (χ1v) is 6.78. The van der Waals surface area contributed by atoms with Gasteiger partial charge in [0, 0.05) is 26.1 Å². The van der Waals surface area contributed by atoms with E-state index in [0.717, 1.165) is 26.1 Å². The average Bonchev–Trinajstić information content (AvgIpc) is 2.76. The van der Waals surface area contributed by atoms with Crippen molar-refractivity contribution in [3.8, 4) is 6.01 Å². The number of rotatable bonds is 5. The summed E-state index contributed by atoms with van der Waals surface area (Å²) in [5, 5.41) is 0.163. The molecule has 0 aromatic carbocycles. The first-order chi connectivity index (χ1) is 9.08. The number of hydrogen-bond acceptors (Lipinski definition) is 6. The van der Waals surface area contributed by atoms with Crippen LogP contribution < -0.4 is 9.64 Å². The van der Waals surface area contributed by atoms with Gasteiger partial charge in [-0.15, -0.1) is 0 Å². The first-order valence-electron chi connectivity index (χ1n) is 6.40. The Morgan fingerprint density at radius 2 is 2.16 bits per heavy atom. The predicted molar refractivity (Wildman–Crippen MR) is 72.8 cm³/mol. The van der Waals surface area contributed by atoms with Gasteiger partial charge in [0.25, 0.3) is 0 Å². The molecule has 6 nitrogen and oxygen atoms in total. The monoisotopic (exact) mass is 286 g/mol. The van der Waals surface area contributed by atoms with E-state index in [1.165, 1.54) is 0 Å². The summed E-state index contributed by atoms with van der Waals surface area (Å²) < 4.78 is 10.7. The minimum Gasteiger partial charge on any atom is -0.461 e. The van der Waals surface area contributed by atoms with Crippen LogP contribution in [0.5, 0.6) is 6.01 Å². The molecule has 0 spiro atoms. The molecule has 0 aliphatic carbocycles. The number of halogens is 1. The zero-order chi connectivity index (χ0) is 13.8. The fourth-order valence-corrected chi connectivity index (χ4v) is 2.26. The predicted octanol–water partition coefficient (Wildman–Crippen LogP) is 1.78. The lowest BCUT2D eigenvalue weighted by Gasteiger charge is -2.17. The molecule has 106 valence electrons. The van der Waals surface area contributed by atoms with Gasteiger partial charge in [-0.2, -0.15) is 15.0 Å². The van der Waals surface area contributed by atoms with Crippen LogP contribution in [-0.2, 0) is 4.74 Å². The molecule has 1 atom stereocenters. The molecule has 1 aromatic rings. The van der Waals surface area contributed by atoms with Crippen molar-refractivity contribution in [3.05, 3.63) is 5.28 Å². The van der Waals surface area contributed by atoms with Crippen LogP contribution in [0.2, 0.25) is 5.28 Å². The smallest absolute Gasteiger partial charge is 0.322 e. The Kier molecular flexibility index (Phi) is 4.76. The van der Waals surface area contributed by atoms with Crippen LogP contribution in [0.15, 0.2) is 0 Å². The largest absolute Gasteiger partial charge is 0.461 e. The van der Waals surface area contributed by atoms with Crippen LogP contribution in [0.4, 0.5) is 5.95 Å². The number of aromatic nitrogens is 3. The number of anilines is 1. The van der Waals surface area contributed by atoms with Crippen molar-refractivity contribution in [3.63, 3.8) is 0 Å². The molecule has 0 bridgehead atoms. The molecule has 2 rings (SSSR count). The summed E-state index contributed by atoms with van der Waals surface area (Å²) >= 11 is 5.92. The Hall–Kier alpha value is -1.14. The second kappa shape index (κ2) is 6.34. The third kappa shape index (κ3) is 3.91. The SMILES string of the molecule is COCC1CCN(c2nc(Cl)nc(OC(C)C)n2)C1. The molecular weight excluding hydrogens is 268 g/mol. The van der Waals surface area contributed by atoms with Gasteiger partial charge >= 0.3 is 6.01 Å². The van der Waals surface area contributed by atoms with E-state index in [1.54, 1.807) is 7.11 Å². The minimum absolute atomic E-state index is 0.00568. The maximum Gasteiger partial charge on any atom is 0.322 e. The summed E-state index contributed by atoms with van der Waals surface area (Å²) in [6.07, 6.45) is 1.07. The Balaban J connectivity index is 2.09. The molecule has 0 saturated carbocycles.